The van der Waals surface area contributed by atoms with Gasteiger partial charge in [-0.25, -0.2) is 17.7 Å². The number of carbonyl (C=O) groups excluding carboxylic acids is 2. The number of fused-ring (bicyclic) bond motifs is 1. The number of hydrogen-bond donors (Lipinski definition) is 0. The van der Waals surface area contributed by atoms with Gasteiger partial charge in [0.2, 0.25) is 11.8 Å². The van der Waals surface area contributed by atoms with Crippen molar-refractivity contribution < 1.29 is 27.5 Å². The van der Waals surface area contributed by atoms with Crippen molar-refractivity contribution in [1.29, 1.82) is 5.26 Å². The molecule has 0 N–H and O–H groups in total. The second kappa shape index (κ2) is 14.8. The highest BCUT2D eigenvalue weighted by Gasteiger charge is 2.59. The Balaban J connectivity index is 1.42. The zero-order chi connectivity index (χ0) is 35.5. The predicted octanol–water partition coefficient (Wildman–Crippen LogP) is 3.79. The van der Waals surface area contributed by atoms with E-state index in [1.54, 1.807) is 43.0 Å². The molecule has 2 fully saturated rings. The lowest BCUT2D eigenvalue weighted by molar-refractivity contribution is -0.137. The minimum absolute atomic E-state index is 0.0580. The van der Waals surface area contributed by atoms with Gasteiger partial charge in [0.1, 0.15) is 16.1 Å². The van der Waals surface area contributed by atoms with Crippen molar-refractivity contribution in [2.45, 2.75) is 56.4 Å². The molecule has 2 saturated heterocycles. The fourth-order valence-electron chi connectivity index (χ4n) is 7.57. The largest absolute Gasteiger partial charge is 0.492 e. The summed E-state index contributed by atoms with van der Waals surface area (Å²) < 4.78 is 41.6. The van der Waals surface area contributed by atoms with Gasteiger partial charge in [0, 0.05) is 50.4 Å². The predicted molar refractivity (Wildman–Crippen MR) is 188 cm³/mol. The van der Waals surface area contributed by atoms with Gasteiger partial charge in [-0.15, -0.1) is 0 Å². The van der Waals surface area contributed by atoms with E-state index in [1.807, 2.05) is 0 Å². The molecule has 13 heteroatoms. The van der Waals surface area contributed by atoms with Gasteiger partial charge in [-0.2, -0.15) is 5.26 Å². The highest BCUT2D eigenvalue weighted by molar-refractivity contribution is 7.93. The van der Waals surface area contributed by atoms with E-state index in [0.717, 1.165) is 36.8 Å². The van der Waals surface area contributed by atoms with Crippen molar-refractivity contribution >= 4 is 27.5 Å². The number of pyridine rings is 1. The van der Waals surface area contributed by atoms with Crippen LogP contribution in [0, 0.1) is 11.3 Å². The van der Waals surface area contributed by atoms with E-state index in [4.69, 9.17) is 9.47 Å². The number of hydrogen-bond acceptors (Lipinski definition) is 10. The summed E-state index contributed by atoms with van der Waals surface area (Å²) in [4.78, 5) is 40.6. The van der Waals surface area contributed by atoms with Crippen molar-refractivity contribution in [3.05, 3.63) is 77.5 Å². The Morgan fingerprint density at radius 2 is 1.66 bits per heavy atom. The van der Waals surface area contributed by atoms with Crippen LogP contribution in [0.4, 0.5) is 5.69 Å². The van der Waals surface area contributed by atoms with Gasteiger partial charge >= 0.3 is 0 Å². The van der Waals surface area contributed by atoms with E-state index in [1.165, 1.54) is 36.5 Å². The Morgan fingerprint density at radius 1 is 0.940 bits per heavy atom. The summed E-state index contributed by atoms with van der Waals surface area (Å²) in [6.45, 7) is 11.7. The number of piperidine rings is 1. The first-order valence-electron chi connectivity index (χ1n) is 17.4. The van der Waals surface area contributed by atoms with Crippen molar-refractivity contribution in [3.63, 3.8) is 0 Å². The highest BCUT2D eigenvalue weighted by Crippen LogP contribution is 2.53. The Labute approximate surface area is 294 Å². The Morgan fingerprint density at radius 3 is 2.34 bits per heavy atom. The molecule has 1 aromatic heterocycles. The molecule has 264 valence electrons. The number of nitriles is 1. The molecule has 4 heterocycles. The van der Waals surface area contributed by atoms with Crippen molar-refractivity contribution in [2.24, 2.45) is 0 Å². The highest BCUT2D eigenvalue weighted by atomic mass is 32.2. The van der Waals surface area contributed by atoms with Gasteiger partial charge in [-0.1, -0.05) is 25.1 Å². The molecule has 6 rings (SSSR count). The fraction of sp³-hybridized carbons (Fsp3) is 0.459. The molecule has 50 heavy (non-hydrogen) atoms. The normalized spacial score (nSPS) is 20.4. The molecule has 0 spiro atoms. The number of benzene rings is 2. The number of piperazine rings is 1. The topological polar surface area (TPSA) is 136 Å². The number of aromatic nitrogens is 1. The van der Waals surface area contributed by atoms with Crippen LogP contribution in [0.5, 0.6) is 11.6 Å². The SMILES string of the molecule is CCOc1ccccc1S(=O)(=O)N1C(=O)C(CC(=O)N2CCN(C3CCN(CC)CC3)CC2)(c2cccnc2OCC)c2cc(C#N)ccc21. The van der Waals surface area contributed by atoms with Crippen molar-refractivity contribution in [1.82, 2.24) is 19.7 Å². The van der Waals surface area contributed by atoms with E-state index in [9.17, 15) is 18.5 Å². The first kappa shape index (κ1) is 35.3. The van der Waals surface area contributed by atoms with Gasteiger partial charge in [-0.3, -0.25) is 14.5 Å². The Hall–Kier alpha value is -4.51. The quantitative estimate of drug-likeness (QED) is 0.291. The summed E-state index contributed by atoms with van der Waals surface area (Å²) in [5, 5.41) is 9.96. The summed E-state index contributed by atoms with van der Waals surface area (Å²) in [6.07, 6.45) is 3.32. The Bertz CT molecular complexity index is 1880. The van der Waals surface area contributed by atoms with Crippen LogP contribution in [0.15, 0.2) is 65.7 Å². The molecule has 3 aliphatic rings. The average molecular weight is 701 g/mol. The van der Waals surface area contributed by atoms with Crippen LogP contribution in [0.2, 0.25) is 0 Å². The third-order valence-electron chi connectivity index (χ3n) is 10.1. The summed E-state index contributed by atoms with van der Waals surface area (Å²) in [6, 6.07) is 16.5. The van der Waals surface area contributed by atoms with E-state index in [0.29, 0.717) is 32.2 Å². The van der Waals surface area contributed by atoms with E-state index < -0.39 is 21.3 Å². The molecule has 0 bridgehead atoms. The molecule has 1 atom stereocenters. The van der Waals surface area contributed by atoms with Crippen molar-refractivity contribution in [2.75, 3.05) is 63.3 Å². The lowest BCUT2D eigenvalue weighted by atomic mass is 9.72. The number of anilines is 1. The van der Waals surface area contributed by atoms with Crippen LogP contribution in [0.1, 0.15) is 56.7 Å². The zero-order valence-corrected chi connectivity index (χ0v) is 29.7. The van der Waals surface area contributed by atoms with Crippen LogP contribution in [-0.4, -0.2) is 105 Å². The van der Waals surface area contributed by atoms with Crippen LogP contribution in [-0.2, 0) is 25.0 Å². The summed E-state index contributed by atoms with van der Waals surface area (Å²) in [7, 11) is -4.58. The van der Waals surface area contributed by atoms with Gasteiger partial charge in [0.25, 0.3) is 15.9 Å². The third-order valence-corrected chi connectivity index (χ3v) is 11.9. The van der Waals surface area contributed by atoms with Crippen LogP contribution in [0.25, 0.3) is 0 Å². The molecule has 0 saturated carbocycles. The standard InChI is InChI=1S/C37H44N6O6S/c1-4-40-18-15-28(16-19-40)41-20-22-42(23-21-41)34(44)25-37(29-10-9-17-39-35(29)49-6-3)30-24-27(26-38)13-14-31(30)43(36(37)45)50(46,47)33-12-8-7-11-32(33)48-5-2/h7-14,17,24,28H,4-6,15-16,18-23,25H2,1-3H3. The van der Waals surface area contributed by atoms with Crippen LogP contribution >= 0.6 is 0 Å². The number of carbonyl (C=O) groups is 2. The number of nitrogens with zero attached hydrogens (tertiary/aromatic N) is 6. The maximum absolute atomic E-state index is 15.2. The first-order valence-corrected chi connectivity index (χ1v) is 18.8. The number of para-hydroxylation sites is 1. The number of sulfonamides is 1. The smallest absolute Gasteiger partial charge is 0.274 e. The number of rotatable bonds is 11. The monoisotopic (exact) mass is 700 g/mol. The fourth-order valence-corrected chi connectivity index (χ4v) is 9.19. The molecule has 3 aliphatic heterocycles. The van der Waals surface area contributed by atoms with E-state index in [-0.39, 0.29) is 64.4 Å². The first-order chi connectivity index (χ1) is 24.2. The summed E-state index contributed by atoms with van der Waals surface area (Å²) in [5.41, 5.74) is -1.11. The molecule has 12 nitrogen and oxygen atoms in total. The summed E-state index contributed by atoms with van der Waals surface area (Å²) >= 11 is 0. The minimum Gasteiger partial charge on any atom is -0.492 e. The van der Waals surface area contributed by atoms with Gasteiger partial charge in [0.15, 0.2) is 0 Å². The molecule has 2 aromatic carbocycles. The van der Waals surface area contributed by atoms with Crippen LogP contribution in [0.3, 0.4) is 0 Å². The maximum atomic E-state index is 15.2. The van der Waals surface area contributed by atoms with E-state index in [2.05, 4.69) is 27.8 Å². The molecule has 0 radical (unpaired) electrons. The lowest BCUT2D eigenvalue weighted by Crippen LogP contribution is -2.55. The van der Waals surface area contributed by atoms with Gasteiger partial charge in [-0.05, 0) is 88.3 Å². The van der Waals surface area contributed by atoms with Gasteiger partial charge < -0.3 is 19.3 Å². The second-order valence-corrected chi connectivity index (χ2v) is 14.5. The average Bonchev–Trinajstić information content (AvgIpc) is 3.39. The minimum atomic E-state index is -4.58. The van der Waals surface area contributed by atoms with Gasteiger partial charge in [0.05, 0.1) is 30.5 Å². The molecule has 1 unspecified atom stereocenters. The van der Waals surface area contributed by atoms with E-state index >= 15 is 4.79 Å². The van der Waals surface area contributed by atoms with Crippen LogP contribution < -0.4 is 13.8 Å². The maximum Gasteiger partial charge on any atom is 0.274 e. The molecule has 0 aliphatic carbocycles. The number of ether oxygens (including phenoxy) is 2. The molecular formula is C37H44N6O6S. The Kier molecular flexibility index (Phi) is 10.4. The molecule has 2 amide bonds. The third kappa shape index (κ3) is 6.32. The number of likely N-dealkylation sites (tertiary alicyclic amines) is 1. The lowest BCUT2D eigenvalue weighted by Gasteiger charge is -2.43. The molecule has 3 aromatic rings. The zero-order valence-electron chi connectivity index (χ0n) is 28.9. The molecular weight excluding hydrogens is 657 g/mol. The second-order valence-electron chi connectivity index (χ2n) is 12.8. The van der Waals surface area contributed by atoms with Crippen molar-refractivity contribution in [3.8, 4) is 17.7 Å². The summed E-state index contributed by atoms with van der Waals surface area (Å²) in [5.74, 6) is -0.937. The number of amides is 2.